The van der Waals surface area contributed by atoms with Crippen LogP contribution in [0.2, 0.25) is 5.02 Å². The third-order valence-electron chi connectivity index (χ3n) is 3.65. The van der Waals surface area contributed by atoms with Gasteiger partial charge in [0.1, 0.15) is 0 Å². The molecule has 2 nitrogen and oxygen atoms in total. The van der Waals surface area contributed by atoms with Gasteiger partial charge in [-0.2, -0.15) is 0 Å². The number of hydrogen-bond acceptors (Lipinski definition) is 2. The summed E-state index contributed by atoms with van der Waals surface area (Å²) in [5.41, 5.74) is 3.54. The van der Waals surface area contributed by atoms with Crippen LogP contribution in [0.15, 0.2) is 66.7 Å². The van der Waals surface area contributed by atoms with Gasteiger partial charge in [-0.05, 0) is 24.1 Å². The summed E-state index contributed by atoms with van der Waals surface area (Å²) >= 11 is 6.40. The zero-order valence-corrected chi connectivity index (χ0v) is 13.5. The molecule has 0 aliphatic carbocycles. The monoisotopic (exact) mass is 324 g/mol. The summed E-state index contributed by atoms with van der Waals surface area (Å²) in [6.07, 6.45) is 0. The first-order chi connectivity index (χ1) is 11.2. The van der Waals surface area contributed by atoms with E-state index in [1.807, 2.05) is 73.7 Å². The van der Waals surface area contributed by atoms with E-state index in [9.17, 15) is 5.11 Å². The highest BCUT2D eigenvalue weighted by Crippen LogP contribution is 2.47. The third kappa shape index (κ3) is 3.03. The van der Waals surface area contributed by atoms with Gasteiger partial charge in [0, 0.05) is 11.1 Å². The Hall–Kier alpha value is -2.45. The average Bonchev–Trinajstić information content (AvgIpc) is 2.61. The second kappa shape index (κ2) is 6.76. The van der Waals surface area contributed by atoms with Crippen LogP contribution in [0.3, 0.4) is 0 Å². The van der Waals surface area contributed by atoms with Crippen molar-refractivity contribution in [1.82, 2.24) is 0 Å². The Morgan fingerprint density at radius 2 is 1.39 bits per heavy atom. The zero-order chi connectivity index (χ0) is 16.2. The van der Waals surface area contributed by atoms with Crippen molar-refractivity contribution < 1.29 is 9.84 Å². The molecule has 0 aliphatic heterocycles. The lowest BCUT2D eigenvalue weighted by Crippen LogP contribution is -1.96. The van der Waals surface area contributed by atoms with E-state index in [0.29, 0.717) is 17.4 Å². The molecular formula is C20H17ClO2. The average molecular weight is 325 g/mol. The molecule has 3 aromatic carbocycles. The van der Waals surface area contributed by atoms with E-state index in [2.05, 4.69) is 0 Å². The van der Waals surface area contributed by atoms with Crippen LogP contribution in [0.1, 0.15) is 6.92 Å². The molecule has 0 aliphatic rings. The molecule has 23 heavy (non-hydrogen) atoms. The highest BCUT2D eigenvalue weighted by molar-refractivity contribution is 6.35. The molecule has 0 unspecified atom stereocenters. The largest absolute Gasteiger partial charge is 0.503 e. The molecular weight excluding hydrogens is 308 g/mol. The van der Waals surface area contributed by atoms with Gasteiger partial charge in [-0.1, -0.05) is 72.3 Å². The predicted molar refractivity (Wildman–Crippen MR) is 95.2 cm³/mol. The van der Waals surface area contributed by atoms with Gasteiger partial charge in [0.25, 0.3) is 0 Å². The summed E-state index contributed by atoms with van der Waals surface area (Å²) in [4.78, 5) is 0. The van der Waals surface area contributed by atoms with Gasteiger partial charge in [0.2, 0.25) is 0 Å². The molecule has 0 atom stereocenters. The minimum Gasteiger partial charge on any atom is -0.503 e. The highest BCUT2D eigenvalue weighted by Gasteiger charge is 2.19. The van der Waals surface area contributed by atoms with Crippen molar-refractivity contribution in [2.75, 3.05) is 6.61 Å². The SMILES string of the molecule is CCOc1c(-c2ccccc2)cc(-c2ccccc2)c(Cl)c1O. The molecule has 116 valence electrons. The van der Waals surface area contributed by atoms with E-state index >= 15 is 0 Å². The van der Waals surface area contributed by atoms with Gasteiger partial charge < -0.3 is 9.84 Å². The third-order valence-corrected chi connectivity index (χ3v) is 4.03. The number of hydrogen-bond donors (Lipinski definition) is 1. The summed E-state index contributed by atoms with van der Waals surface area (Å²) in [5, 5.41) is 10.9. The molecule has 3 rings (SSSR count). The van der Waals surface area contributed by atoms with Gasteiger partial charge >= 0.3 is 0 Å². The van der Waals surface area contributed by atoms with Gasteiger partial charge in [0.15, 0.2) is 11.5 Å². The predicted octanol–water partition coefficient (Wildman–Crippen LogP) is 5.78. The molecule has 3 aromatic rings. The van der Waals surface area contributed by atoms with Crippen LogP contribution >= 0.6 is 11.6 Å². The molecule has 0 bridgehead atoms. The summed E-state index contributed by atoms with van der Waals surface area (Å²) in [7, 11) is 0. The van der Waals surface area contributed by atoms with E-state index in [-0.39, 0.29) is 5.75 Å². The van der Waals surface area contributed by atoms with Crippen LogP contribution in [-0.4, -0.2) is 11.7 Å². The van der Waals surface area contributed by atoms with E-state index in [1.54, 1.807) is 0 Å². The minimum atomic E-state index is -0.0197. The Balaban J connectivity index is 2.26. The zero-order valence-electron chi connectivity index (χ0n) is 12.8. The number of benzene rings is 3. The van der Waals surface area contributed by atoms with Crippen LogP contribution in [0.4, 0.5) is 0 Å². The summed E-state index contributed by atoms with van der Waals surface area (Å²) < 4.78 is 5.66. The highest BCUT2D eigenvalue weighted by atomic mass is 35.5. The van der Waals surface area contributed by atoms with Crippen molar-refractivity contribution >= 4 is 11.6 Å². The second-order valence-corrected chi connectivity index (χ2v) is 5.51. The van der Waals surface area contributed by atoms with E-state index in [1.165, 1.54) is 0 Å². The fourth-order valence-electron chi connectivity index (χ4n) is 2.58. The lowest BCUT2D eigenvalue weighted by molar-refractivity contribution is 0.320. The van der Waals surface area contributed by atoms with Crippen molar-refractivity contribution in [2.45, 2.75) is 6.92 Å². The first-order valence-electron chi connectivity index (χ1n) is 7.51. The van der Waals surface area contributed by atoms with Gasteiger partial charge in [0.05, 0.1) is 11.6 Å². The van der Waals surface area contributed by atoms with Crippen LogP contribution in [-0.2, 0) is 0 Å². The number of halogens is 1. The fourth-order valence-corrected chi connectivity index (χ4v) is 2.83. The Labute approximate surface area is 140 Å². The normalized spacial score (nSPS) is 10.5. The molecule has 0 saturated heterocycles. The van der Waals surface area contributed by atoms with E-state index in [0.717, 1.165) is 22.3 Å². The van der Waals surface area contributed by atoms with Crippen LogP contribution < -0.4 is 4.74 Å². The minimum absolute atomic E-state index is 0.0197. The molecule has 0 aromatic heterocycles. The molecule has 0 amide bonds. The van der Waals surface area contributed by atoms with Crippen LogP contribution in [0.5, 0.6) is 11.5 Å². The Kier molecular flexibility index (Phi) is 4.54. The van der Waals surface area contributed by atoms with E-state index < -0.39 is 0 Å². The van der Waals surface area contributed by atoms with Crippen LogP contribution in [0, 0.1) is 0 Å². The second-order valence-electron chi connectivity index (χ2n) is 5.13. The van der Waals surface area contributed by atoms with Gasteiger partial charge in [-0.3, -0.25) is 0 Å². The molecule has 3 heteroatoms. The molecule has 0 saturated carbocycles. The van der Waals surface area contributed by atoms with Crippen molar-refractivity contribution in [3.63, 3.8) is 0 Å². The van der Waals surface area contributed by atoms with Crippen molar-refractivity contribution in [3.8, 4) is 33.8 Å². The topological polar surface area (TPSA) is 29.5 Å². The van der Waals surface area contributed by atoms with E-state index in [4.69, 9.17) is 16.3 Å². The fraction of sp³-hybridized carbons (Fsp3) is 0.100. The molecule has 1 N–H and O–H groups in total. The Morgan fingerprint density at radius 1 is 0.870 bits per heavy atom. The Morgan fingerprint density at radius 3 is 1.91 bits per heavy atom. The first kappa shape index (κ1) is 15.4. The Bertz CT molecular complexity index is 799. The summed E-state index contributed by atoms with van der Waals surface area (Å²) in [5.74, 6) is 0.400. The lowest BCUT2D eigenvalue weighted by Gasteiger charge is -2.16. The smallest absolute Gasteiger partial charge is 0.178 e. The maximum atomic E-state index is 10.6. The van der Waals surface area contributed by atoms with Crippen molar-refractivity contribution in [1.29, 1.82) is 0 Å². The van der Waals surface area contributed by atoms with Crippen molar-refractivity contribution in [2.24, 2.45) is 0 Å². The number of rotatable bonds is 4. The lowest BCUT2D eigenvalue weighted by atomic mass is 9.97. The standard InChI is InChI=1S/C20H17ClO2/c1-2-23-20-17(15-11-7-4-8-12-15)13-16(18(21)19(20)22)14-9-5-3-6-10-14/h3-13,22H,2H2,1H3. The van der Waals surface area contributed by atoms with Gasteiger partial charge in [-0.15, -0.1) is 0 Å². The summed E-state index contributed by atoms with van der Waals surface area (Å²) in [6, 6.07) is 21.6. The first-order valence-corrected chi connectivity index (χ1v) is 7.89. The molecule has 0 spiro atoms. The van der Waals surface area contributed by atoms with Crippen molar-refractivity contribution in [3.05, 3.63) is 71.8 Å². The van der Waals surface area contributed by atoms with Gasteiger partial charge in [-0.25, -0.2) is 0 Å². The summed E-state index contributed by atoms with van der Waals surface area (Å²) in [6.45, 7) is 2.33. The quantitative estimate of drug-likeness (QED) is 0.659. The number of aromatic hydroxyl groups is 1. The van der Waals surface area contributed by atoms with Crippen LogP contribution in [0.25, 0.3) is 22.3 Å². The number of ether oxygens (including phenoxy) is 1. The molecule has 0 heterocycles. The maximum absolute atomic E-state index is 10.6. The maximum Gasteiger partial charge on any atom is 0.178 e. The number of phenolic OH excluding ortho intramolecular Hbond substituents is 1. The number of phenols is 1. The molecule has 0 radical (unpaired) electrons. The molecule has 0 fully saturated rings.